The second-order valence-electron chi connectivity index (χ2n) is 5.84. The van der Waals surface area contributed by atoms with Crippen LogP contribution in [0.3, 0.4) is 0 Å². The van der Waals surface area contributed by atoms with Gasteiger partial charge in [0.1, 0.15) is 17.3 Å². The molecule has 0 radical (unpaired) electrons. The van der Waals surface area contributed by atoms with Crippen LogP contribution in [0.4, 0.5) is 13.9 Å². The van der Waals surface area contributed by atoms with Crippen molar-refractivity contribution in [2.75, 3.05) is 4.72 Å². The van der Waals surface area contributed by atoms with Gasteiger partial charge < -0.3 is 5.32 Å². The Bertz CT molecular complexity index is 1090. The molecule has 28 heavy (non-hydrogen) atoms. The molecular weight excluding hydrogens is 408 g/mol. The van der Waals surface area contributed by atoms with Crippen LogP contribution >= 0.6 is 11.3 Å². The second kappa shape index (κ2) is 8.03. The minimum Gasteiger partial charge on any atom is -0.346 e. The summed E-state index contributed by atoms with van der Waals surface area (Å²) in [7, 11) is -3.84. The van der Waals surface area contributed by atoms with Crippen LogP contribution in [-0.4, -0.2) is 19.3 Å². The Labute approximate surface area is 164 Å². The number of carbonyl (C=O) groups is 1. The quantitative estimate of drug-likeness (QED) is 0.636. The highest BCUT2D eigenvalue weighted by Crippen LogP contribution is 2.21. The van der Waals surface area contributed by atoms with Gasteiger partial charge in [-0.25, -0.2) is 22.2 Å². The fraction of sp³-hybridized carbons (Fsp3) is 0.111. The third kappa shape index (κ3) is 4.52. The van der Waals surface area contributed by atoms with Crippen molar-refractivity contribution in [3.05, 3.63) is 76.3 Å². The summed E-state index contributed by atoms with van der Waals surface area (Å²) in [6, 6.07) is 9.65. The molecule has 0 aliphatic heterocycles. The summed E-state index contributed by atoms with van der Waals surface area (Å²) >= 11 is 0.920. The number of nitrogens with one attached hydrogen (secondary N) is 2. The molecule has 0 aliphatic carbocycles. The molecule has 6 nitrogen and oxygen atoms in total. The van der Waals surface area contributed by atoms with E-state index < -0.39 is 27.6 Å². The third-order valence-electron chi connectivity index (χ3n) is 3.78. The largest absolute Gasteiger partial charge is 0.346 e. The van der Waals surface area contributed by atoms with Crippen LogP contribution in [0.2, 0.25) is 0 Å². The fourth-order valence-corrected chi connectivity index (χ4v) is 4.22. The summed E-state index contributed by atoms with van der Waals surface area (Å²) in [5.74, 6) is -2.23. The number of sulfonamides is 1. The molecule has 0 atom stereocenters. The van der Waals surface area contributed by atoms with Crippen molar-refractivity contribution in [2.24, 2.45) is 0 Å². The Morgan fingerprint density at radius 2 is 1.75 bits per heavy atom. The van der Waals surface area contributed by atoms with Gasteiger partial charge in [-0.2, -0.15) is 0 Å². The zero-order valence-electron chi connectivity index (χ0n) is 14.6. The van der Waals surface area contributed by atoms with Crippen molar-refractivity contribution < 1.29 is 22.0 Å². The maximum absolute atomic E-state index is 13.6. The molecule has 3 rings (SSSR count). The summed E-state index contributed by atoms with van der Waals surface area (Å²) in [5.41, 5.74) is 0.577. The molecule has 10 heteroatoms. The number of aryl methyl sites for hydroxylation is 1. The zero-order valence-corrected chi connectivity index (χ0v) is 16.2. The zero-order chi connectivity index (χ0) is 20.3. The van der Waals surface area contributed by atoms with Gasteiger partial charge in [-0.1, -0.05) is 23.8 Å². The van der Waals surface area contributed by atoms with Gasteiger partial charge in [-0.05, 0) is 31.2 Å². The highest BCUT2D eigenvalue weighted by Gasteiger charge is 2.18. The van der Waals surface area contributed by atoms with Crippen LogP contribution < -0.4 is 10.0 Å². The molecule has 2 aromatic carbocycles. The van der Waals surface area contributed by atoms with Crippen LogP contribution in [0, 0.1) is 18.6 Å². The predicted molar refractivity (Wildman–Crippen MR) is 102 cm³/mol. The number of anilines is 1. The van der Waals surface area contributed by atoms with Crippen molar-refractivity contribution in [3.63, 3.8) is 0 Å². The lowest BCUT2D eigenvalue weighted by Gasteiger charge is -2.06. The number of aromatic nitrogens is 1. The van der Waals surface area contributed by atoms with Gasteiger partial charge in [-0.3, -0.25) is 9.52 Å². The van der Waals surface area contributed by atoms with E-state index in [9.17, 15) is 22.0 Å². The van der Waals surface area contributed by atoms with Crippen LogP contribution in [0.1, 0.15) is 21.6 Å². The lowest BCUT2D eigenvalue weighted by molar-refractivity contribution is 0.0946. The van der Waals surface area contributed by atoms with Crippen molar-refractivity contribution in [3.8, 4) is 0 Å². The second-order valence-corrected chi connectivity index (χ2v) is 8.38. The van der Waals surface area contributed by atoms with Crippen molar-refractivity contribution in [1.82, 2.24) is 10.3 Å². The highest BCUT2D eigenvalue weighted by molar-refractivity contribution is 7.93. The average molecular weight is 423 g/mol. The number of carbonyl (C=O) groups excluding carboxylic acids is 1. The van der Waals surface area contributed by atoms with Crippen LogP contribution in [-0.2, 0) is 16.6 Å². The maximum atomic E-state index is 13.6. The van der Waals surface area contributed by atoms with Gasteiger partial charge in [0.2, 0.25) is 0 Å². The molecule has 0 saturated carbocycles. The van der Waals surface area contributed by atoms with Gasteiger partial charge in [0.15, 0.2) is 5.13 Å². The number of nitrogens with zero attached hydrogens (tertiary/aromatic N) is 1. The Kier molecular flexibility index (Phi) is 5.71. The first-order valence-electron chi connectivity index (χ1n) is 8.02. The standard InChI is InChI=1S/C18H15F2N3O3S2/c1-11-5-7-12(8-6-11)28(25,26)23-18-22-16(10-27-18)17(24)21-9-13-14(19)3-2-4-15(13)20/h2-8,10H,9H2,1H3,(H,21,24)(H,22,23). The van der Waals surface area contributed by atoms with Gasteiger partial charge >= 0.3 is 0 Å². The normalized spacial score (nSPS) is 11.2. The number of thiazole rings is 1. The monoisotopic (exact) mass is 423 g/mol. The molecule has 0 bridgehead atoms. The summed E-state index contributed by atoms with van der Waals surface area (Å²) in [5, 5.41) is 3.71. The number of hydrogen-bond acceptors (Lipinski definition) is 5. The highest BCUT2D eigenvalue weighted by atomic mass is 32.2. The van der Waals surface area contributed by atoms with Gasteiger partial charge in [-0.15, -0.1) is 11.3 Å². The van der Waals surface area contributed by atoms with E-state index in [0.717, 1.165) is 29.0 Å². The molecule has 3 aromatic rings. The molecule has 1 amide bonds. The average Bonchev–Trinajstić information content (AvgIpc) is 3.09. The molecule has 146 valence electrons. The van der Waals surface area contributed by atoms with Crippen molar-refractivity contribution in [1.29, 1.82) is 0 Å². The summed E-state index contributed by atoms with van der Waals surface area (Å²) < 4.78 is 54.2. The van der Waals surface area contributed by atoms with E-state index in [2.05, 4.69) is 15.0 Å². The van der Waals surface area contributed by atoms with E-state index >= 15 is 0 Å². The molecule has 0 spiro atoms. The number of hydrogen-bond donors (Lipinski definition) is 2. The minimum atomic E-state index is -3.84. The summed E-state index contributed by atoms with van der Waals surface area (Å²) in [4.78, 5) is 16.1. The lowest BCUT2D eigenvalue weighted by Crippen LogP contribution is -2.24. The Morgan fingerprint density at radius 3 is 2.39 bits per heavy atom. The molecule has 2 N–H and O–H groups in total. The minimum absolute atomic E-state index is 0.00259. The molecule has 0 fully saturated rings. The molecular formula is C18H15F2N3O3S2. The number of amides is 1. The van der Waals surface area contributed by atoms with Crippen molar-refractivity contribution in [2.45, 2.75) is 18.4 Å². The van der Waals surface area contributed by atoms with Gasteiger partial charge in [0, 0.05) is 17.5 Å². The number of halogens is 2. The number of rotatable bonds is 6. The number of benzene rings is 2. The molecule has 0 aliphatic rings. The van der Waals surface area contributed by atoms with Gasteiger partial charge in [0.05, 0.1) is 4.90 Å². The Morgan fingerprint density at radius 1 is 1.11 bits per heavy atom. The third-order valence-corrected chi connectivity index (χ3v) is 6.02. The molecule has 1 aromatic heterocycles. The van der Waals surface area contributed by atoms with Gasteiger partial charge in [0.25, 0.3) is 15.9 Å². The fourth-order valence-electron chi connectivity index (χ4n) is 2.28. The van der Waals surface area contributed by atoms with E-state index in [1.165, 1.54) is 23.6 Å². The van der Waals surface area contributed by atoms with Crippen LogP contribution in [0.5, 0.6) is 0 Å². The summed E-state index contributed by atoms with van der Waals surface area (Å²) in [6.07, 6.45) is 0. The molecule has 1 heterocycles. The first kappa shape index (κ1) is 19.9. The topological polar surface area (TPSA) is 88.2 Å². The van der Waals surface area contributed by atoms with Crippen LogP contribution in [0.25, 0.3) is 0 Å². The summed E-state index contributed by atoms with van der Waals surface area (Å²) in [6.45, 7) is 1.47. The van der Waals surface area contributed by atoms with E-state index in [1.807, 2.05) is 6.92 Å². The first-order chi connectivity index (χ1) is 13.3. The maximum Gasteiger partial charge on any atom is 0.271 e. The predicted octanol–water partition coefficient (Wildman–Crippen LogP) is 3.46. The van der Waals surface area contributed by atoms with E-state index in [0.29, 0.717) is 0 Å². The first-order valence-corrected chi connectivity index (χ1v) is 10.4. The van der Waals surface area contributed by atoms with Crippen molar-refractivity contribution >= 4 is 32.4 Å². The lowest BCUT2D eigenvalue weighted by atomic mass is 10.2. The van der Waals surface area contributed by atoms with E-state index in [4.69, 9.17) is 0 Å². The Balaban J connectivity index is 1.68. The SMILES string of the molecule is Cc1ccc(S(=O)(=O)Nc2nc(C(=O)NCc3c(F)cccc3F)cs2)cc1. The smallest absolute Gasteiger partial charge is 0.271 e. The molecule has 0 saturated heterocycles. The molecule has 0 unspecified atom stereocenters. The van der Waals surface area contributed by atoms with E-state index in [-0.39, 0.29) is 27.8 Å². The Hall–Kier alpha value is -2.85. The van der Waals surface area contributed by atoms with Crippen LogP contribution in [0.15, 0.2) is 52.7 Å². The van der Waals surface area contributed by atoms with E-state index in [1.54, 1.807) is 12.1 Å².